The number of carbonyl (C=O) groups is 1. The molecule has 2 heterocycles. The second kappa shape index (κ2) is 8.26. The molecule has 1 fully saturated rings. The van der Waals surface area contributed by atoms with Gasteiger partial charge in [0, 0.05) is 24.6 Å². The summed E-state index contributed by atoms with van der Waals surface area (Å²) < 4.78 is 0. The number of H-pyrrole nitrogens is 1. The van der Waals surface area contributed by atoms with Crippen LogP contribution in [0.15, 0.2) is 72.8 Å². The fourth-order valence-electron chi connectivity index (χ4n) is 4.35. The zero-order valence-corrected chi connectivity index (χ0v) is 17.6. The Bertz CT molecular complexity index is 1210. The molecule has 1 aliphatic rings. The zero-order chi connectivity index (χ0) is 21.2. The first-order valence-corrected chi connectivity index (χ1v) is 10.8. The van der Waals surface area contributed by atoms with E-state index in [1.165, 1.54) is 5.56 Å². The maximum atomic E-state index is 13.0. The van der Waals surface area contributed by atoms with Crippen LogP contribution in [0.2, 0.25) is 0 Å². The fraction of sp³-hybridized carbons (Fsp3) is 0.231. The van der Waals surface area contributed by atoms with E-state index in [0.717, 1.165) is 59.6 Å². The summed E-state index contributed by atoms with van der Waals surface area (Å²) >= 11 is 0. The first kappa shape index (κ1) is 19.4. The Balaban J connectivity index is 1.25. The van der Waals surface area contributed by atoms with Gasteiger partial charge in [-0.25, -0.2) is 9.78 Å². The van der Waals surface area contributed by atoms with Crippen LogP contribution in [-0.4, -0.2) is 34.0 Å². The van der Waals surface area contributed by atoms with Crippen molar-refractivity contribution < 1.29 is 4.79 Å². The molecule has 0 atom stereocenters. The second-order valence-corrected chi connectivity index (χ2v) is 8.25. The van der Waals surface area contributed by atoms with Gasteiger partial charge in [0.15, 0.2) is 0 Å². The molecule has 156 valence electrons. The lowest BCUT2D eigenvalue weighted by molar-refractivity contribution is 0.193. The molecule has 0 radical (unpaired) electrons. The van der Waals surface area contributed by atoms with Crippen LogP contribution in [0.4, 0.5) is 10.5 Å². The molecular weight excluding hydrogens is 384 g/mol. The van der Waals surface area contributed by atoms with Crippen LogP contribution in [0.1, 0.15) is 30.1 Å². The van der Waals surface area contributed by atoms with E-state index in [1.54, 1.807) is 0 Å². The molecule has 0 saturated carbocycles. The molecule has 0 spiro atoms. The van der Waals surface area contributed by atoms with Crippen LogP contribution in [0.25, 0.3) is 22.2 Å². The Hall–Kier alpha value is -3.60. The summed E-state index contributed by atoms with van der Waals surface area (Å²) in [5.41, 5.74) is 6.30. The zero-order valence-electron chi connectivity index (χ0n) is 17.6. The highest BCUT2D eigenvalue weighted by Gasteiger charge is 2.26. The summed E-state index contributed by atoms with van der Waals surface area (Å²) in [6.07, 6.45) is 1.82. The van der Waals surface area contributed by atoms with E-state index in [2.05, 4.69) is 47.6 Å². The predicted octanol–water partition coefficient (Wildman–Crippen LogP) is 5.95. The summed E-state index contributed by atoms with van der Waals surface area (Å²) in [5, 5.41) is 3.12. The Morgan fingerprint density at radius 3 is 2.55 bits per heavy atom. The highest BCUT2D eigenvalue weighted by atomic mass is 16.2. The average molecular weight is 411 g/mol. The van der Waals surface area contributed by atoms with Crippen molar-refractivity contribution in [1.29, 1.82) is 0 Å². The lowest BCUT2D eigenvalue weighted by atomic mass is 9.96. The van der Waals surface area contributed by atoms with Crippen molar-refractivity contribution in [3.8, 4) is 11.1 Å². The van der Waals surface area contributed by atoms with Gasteiger partial charge >= 0.3 is 6.03 Å². The van der Waals surface area contributed by atoms with Gasteiger partial charge in [-0.15, -0.1) is 0 Å². The highest BCUT2D eigenvalue weighted by molar-refractivity contribution is 5.94. The molecule has 1 aliphatic heterocycles. The smallest absolute Gasteiger partial charge is 0.321 e. The first-order valence-electron chi connectivity index (χ1n) is 10.8. The van der Waals surface area contributed by atoms with Gasteiger partial charge in [-0.2, -0.15) is 0 Å². The third kappa shape index (κ3) is 4.04. The van der Waals surface area contributed by atoms with Crippen LogP contribution in [-0.2, 0) is 0 Å². The summed E-state index contributed by atoms with van der Waals surface area (Å²) in [5.74, 6) is 1.39. The number of para-hydroxylation sites is 1. The number of hydrogen-bond acceptors (Lipinski definition) is 2. The van der Waals surface area contributed by atoms with E-state index < -0.39 is 0 Å². The number of imidazole rings is 1. The molecule has 0 bridgehead atoms. The monoisotopic (exact) mass is 410 g/mol. The van der Waals surface area contributed by atoms with Gasteiger partial charge in [0.2, 0.25) is 0 Å². The van der Waals surface area contributed by atoms with Gasteiger partial charge in [-0.3, -0.25) is 0 Å². The molecule has 0 aliphatic carbocycles. The minimum atomic E-state index is -0.0398. The molecule has 1 saturated heterocycles. The molecule has 1 aromatic heterocycles. The number of aromatic nitrogens is 2. The van der Waals surface area contributed by atoms with Gasteiger partial charge in [0.05, 0.1) is 16.7 Å². The van der Waals surface area contributed by atoms with Crippen molar-refractivity contribution in [2.24, 2.45) is 0 Å². The largest absolute Gasteiger partial charge is 0.342 e. The number of aromatic amines is 1. The minimum absolute atomic E-state index is 0.0398. The van der Waals surface area contributed by atoms with E-state index in [-0.39, 0.29) is 6.03 Å². The number of anilines is 1. The van der Waals surface area contributed by atoms with E-state index in [9.17, 15) is 4.79 Å². The van der Waals surface area contributed by atoms with Gasteiger partial charge in [-0.1, -0.05) is 54.6 Å². The minimum Gasteiger partial charge on any atom is -0.342 e. The Morgan fingerprint density at radius 1 is 1.00 bits per heavy atom. The van der Waals surface area contributed by atoms with Gasteiger partial charge < -0.3 is 15.2 Å². The van der Waals surface area contributed by atoms with Gasteiger partial charge in [0.1, 0.15) is 5.82 Å². The normalized spacial score (nSPS) is 14.7. The molecule has 5 heteroatoms. The van der Waals surface area contributed by atoms with Crippen molar-refractivity contribution >= 4 is 22.8 Å². The lowest BCUT2D eigenvalue weighted by Crippen LogP contribution is -2.40. The number of nitrogens with zero attached hydrogens (tertiary/aromatic N) is 2. The standard InChI is InChI=1S/C26H26N4O/c1-18-11-12-23-24(17-18)28-25(27-23)20-13-15-30(16-14-20)26(31)29-22-10-6-5-9-21(22)19-7-3-2-4-8-19/h2-12,17,20H,13-16H2,1H3,(H,27,28)(H,29,31). The SMILES string of the molecule is Cc1ccc2nc(C3CCN(C(=O)Nc4ccccc4-c4ccccc4)CC3)[nH]c2c1. The first-order chi connectivity index (χ1) is 15.2. The molecule has 4 aromatic rings. The average Bonchev–Trinajstić information content (AvgIpc) is 3.23. The number of piperidine rings is 1. The van der Waals surface area contributed by atoms with Crippen LogP contribution in [0.3, 0.4) is 0 Å². The van der Waals surface area contributed by atoms with Crippen LogP contribution in [0.5, 0.6) is 0 Å². The third-order valence-corrected chi connectivity index (χ3v) is 6.08. The van der Waals surface area contributed by atoms with Crippen molar-refractivity contribution in [1.82, 2.24) is 14.9 Å². The lowest BCUT2D eigenvalue weighted by Gasteiger charge is -2.31. The van der Waals surface area contributed by atoms with Gasteiger partial charge in [0.25, 0.3) is 0 Å². The molecule has 2 amide bonds. The van der Waals surface area contributed by atoms with Crippen molar-refractivity contribution in [3.63, 3.8) is 0 Å². The summed E-state index contributed by atoms with van der Waals surface area (Å²) in [7, 11) is 0. The third-order valence-electron chi connectivity index (χ3n) is 6.08. The molecule has 3 aromatic carbocycles. The Morgan fingerprint density at radius 2 is 1.74 bits per heavy atom. The fourth-order valence-corrected chi connectivity index (χ4v) is 4.35. The van der Waals surface area contributed by atoms with E-state index in [0.29, 0.717) is 5.92 Å². The van der Waals surface area contributed by atoms with Crippen molar-refractivity contribution in [2.75, 3.05) is 18.4 Å². The van der Waals surface area contributed by atoms with Crippen molar-refractivity contribution in [2.45, 2.75) is 25.7 Å². The number of amides is 2. The number of hydrogen-bond donors (Lipinski definition) is 2. The molecule has 5 rings (SSSR count). The Labute approximate surface area is 182 Å². The van der Waals surface area contributed by atoms with Gasteiger partial charge in [-0.05, 0) is 49.1 Å². The molecule has 31 heavy (non-hydrogen) atoms. The summed E-state index contributed by atoms with van der Waals surface area (Å²) in [6, 6.07) is 24.4. The molecule has 2 N–H and O–H groups in total. The topological polar surface area (TPSA) is 61.0 Å². The maximum Gasteiger partial charge on any atom is 0.321 e. The number of rotatable bonds is 3. The van der Waals surface area contributed by atoms with E-state index in [1.807, 2.05) is 47.4 Å². The highest BCUT2D eigenvalue weighted by Crippen LogP contribution is 2.30. The molecule has 0 unspecified atom stereocenters. The molecule has 5 nitrogen and oxygen atoms in total. The number of fused-ring (bicyclic) bond motifs is 1. The quantitative estimate of drug-likeness (QED) is 0.438. The maximum absolute atomic E-state index is 13.0. The van der Waals surface area contributed by atoms with E-state index >= 15 is 0 Å². The van der Waals surface area contributed by atoms with Crippen LogP contribution >= 0.6 is 0 Å². The number of aryl methyl sites for hydroxylation is 1. The number of carbonyl (C=O) groups excluding carboxylic acids is 1. The Kier molecular flexibility index (Phi) is 5.16. The second-order valence-electron chi connectivity index (χ2n) is 8.25. The van der Waals surface area contributed by atoms with Crippen LogP contribution in [0, 0.1) is 6.92 Å². The number of benzene rings is 3. The van der Waals surface area contributed by atoms with E-state index in [4.69, 9.17) is 4.98 Å². The van der Waals surface area contributed by atoms with Crippen molar-refractivity contribution in [3.05, 3.63) is 84.2 Å². The summed E-state index contributed by atoms with van der Waals surface area (Å²) in [6.45, 7) is 3.53. The predicted molar refractivity (Wildman–Crippen MR) is 125 cm³/mol. The molecular formula is C26H26N4O. The number of nitrogens with one attached hydrogen (secondary N) is 2. The number of likely N-dealkylation sites (tertiary alicyclic amines) is 1. The van der Waals surface area contributed by atoms with Crippen LogP contribution < -0.4 is 5.32 Å². The summed E-state index contributed by atoms with van der Waals surface area (Å²) in [4.78, 5) is 23.1. The number of urea groups is 1.